The van der Waals surface area contributed by atoms with E-state index in [9.17, 15) is 9.59 Å². The third-order valence-electron chi connectivity index (χ3n) is 5.69. The molecule has 2 aromatic carbocycles. The maximum atomic E-state index is 12.3. The highest BCUT2D eigenvalue weighted by Gasteiger charge is 2.41. The molecule has 0 aromatic heterocycles. The minimum Gasteiger partial charge on any atom is -0.469 e. The summed E-state index contributed by atoms with van der Waals surface area (Å²) in [4.78, 5) is 23.6. The fourth-order valence-corrected chi connectivity index (χ4v) is 4.49. The van der Waals surface area contributed by atoms with E-state index in [1.165, 1.54) is 29.4 Å². The first kappa shape index (κ1) is 16.1. The summed E-state index contributed by atoms with van der Waals surface area (Å²) in [6, 6.07) is 14.8. The van der Waals surface area contributed by atoms with Crippen LogP contribution in [-0.2, 0) is 35.2 Å². The number of hydrogen-bond donors (Lipinski definition) is 0. The average molecular weight is 334 g/mol. The van der Waals surface area contributed by atoms with Crippen LogP contribution in [0.15, 0.2) is 42.5 Å². The topological polar surface area (TPSA) is 43.4 Å². The van der Waals surface area contributed by atoms with Crippen LogP contribution in [0, 0.1) is 5.41 Å². The highest BCUT2D eigenvalue weighted by Crippen LogP contribution is 2.47. The van der Waals surface area contributed by atoms with Crippen molar-refractivity contribution in [3.63, 3.8) is 0 Å². The minimum atomic E-state index is -0.336. The Morgan fingerprint density at radius 1 is 0.880 bits per heavy atom. The molecule has 128 valence electrons. The van der Waals surface area contributed by atoms with Crippen molar-refractivity contribution in [3.8, 4) is 0 Å². The molecule has 3 nitrogen and oxygen atoms in total. The van der Waals surface area contributed by atoms with E-state index in [2.05, 4.69) is 35.1 Å². The maximum absolute atomic E-state index is 12.3. The van der Waals surface area contributed by atoms with Gasteiger partial charge in [-0.05, 0) is 59.4 Å². The maximum Gasteiger partial charge on any atom is 0.305 e. The third-order valence-corrected chi connectivity index (χ3v) is 5.69. The van der Waals surface area contributed by atoms with Gasteiger partial charge in [-0.25, -0.2) is 0 Å². The summed E-state index contributed by atoms with van der Waals surface area (Å²) in [5.41, 5.74) is 6.64. The molecule has 0 bridgehead atoms. The lowest BCUT2D eigenvalue weighted by Crippen LogP contribution is -2.21. The Morgan fingerprint density at radius 2 is 1.48 bits per heavy atom. The van der Waals surface area contributed by atoms with E-state index in [4.69, 9.17) is 0 Å². The van der Waals surface area contributed by atoms with Crippen LogP contribution in [0.25, 0.3) is 0 Å². The van der Waals surface area contributed by atoms with Gasteiger partial charge in [-0.1, -0.05) is 36.4 Å². The van der Waals surface area contributed by atoms with Crippen LogP contribution in [0.5, 0.6) is 0 Å². The van der Waals surface area contributed by atoms with E-state index in [1.54, 1.807) is 0 Å². The Hall–Kier alpha value is -2.42. The van der Waals surface area contributed by atoms with Gasteiger partial charge < -0.3 is 4.74 Å². The van der Waals surface area contributed by atoms with Gasteiger partial charge in [-0.2, -0.15) is 0 Å². The minimum absolute atomic E-state index is 0.0175. The van der Waals surface area contributed by atoms with E-state index in [-0.39, 0.29) is 24.6 Å². The van der Waals surface area contributed by atoms with Gasteiger partial charge in [0.2, 0.25) is 0 Å². The second-order valence-corrected chi connectivity index (χ2v) is 7.46. The van der Waals surface area contributed by atoms with Crippen molar-refractivity contribution in [3.05, 3.63) is 70.3 Å². The summed E-state index contributed by atoms with van der Waals surface area (Å²) in [6.07, 6.45) is 4.74. The first-order valence-electron chi connectivity index (χ1n) is 8.87. The number of methoxy groups -OCH3 is 1. The number of fused-ring (bicyclic) bond motifs is 2. The number of benzene rings is 2. The standard InChI is InChI=1S/C22H22O3/c1-25-21(24)9-8-20(23)15-6-7-18-13-22(14-19(18)10-15)11-16-4-2-3-5-17(16)12-22/h2-7,10H,8-9,11-14H2,1H3. The van der Waals surface area contributed by atoms with Crippen LogP contribution in [0.4, 0.5) is 0 Å². The van der Waals surface area contributed by atoms with Crippen molar-refractivity contribution in [2.75, 3.05) is 7.11 Å². The van der Waals surface area contributed by atoms with E-state index in [1.807, 2.05) is 12.1 Å². The first-order valence-corrected chi connectivity index (χ1v) is 8.87. The number of ether oxygens (including phenoxy) is 1. The molecule has 0 N–H and O–H groups in total. The van der Waals surface area contributed by atoms with E-state index >= 15 is 0 Å². The van der Waals surface area contributed by atoms with E-state index < -0.39 is 0 Å². The molecule has 0 saturated heterocycles. The second kappa shape index (κ2) is 6.14. The summed E-state index contributed by atoms with van der Waals surface area (Å²) in [5, 5.41) is 0. The van der Waals surface area contributed by atoms with Crippen LogP contribution in [-0.4, -0.2) is 18.9 Å². The lowest BCUT2D eigenvalue weighted by atomic mass is 9.82. The zero-order chi connectivity index (χ0) is 17.4. The fourth-order valence-electron chi connectivity index (χ4n) is 4.49. The number of ketones is 1. The molecule has 0 atom stereocenters. The molecule has 0 fully saturated rings. The predicted molar refractivity (Wildman–Crippen MR) is 95.7 cm³/mol. The lowest BCUT2D eigenvalue weighted by Gasteiger charge is -2.21. The zero-order valence-electron chi connectivity index (χ0n) is 14.5. The van der Waals surface area contributed by atoms with Gasteiger partial charge in [0.15, 0.2) is 5.78 Å². The molecular weight excluding hydrogens is 312 g/mol. The Kier molecular flexibility index (Phi) is 3.95. The normalized spacial score (nSPS) is 16.5. The predicted octanol–water partition coefficient (Wildman–Crippen LogP) is 3.71. The number of carbonyl (C=O) groups excluding carboxylic acids is 2. The van der Waals surface area contributed by atoms with Crippen molar-refractivity contribution in [2.45, 2.75) is 38.5 Å². The third kappa shape index (κ3) is 2.99. The van der Waals surface area contributed by atoms with Gasteiger partial charge in [-0.15, -0.1) is 0 Å². The first-order chi connectivity index (χ1) is 12.1. The highest BCUT2D eigenvalue weighted by molar-refractivity contribution is 5.97. The number of rotatable bonds is 4. The molecule has 0 saturated carbocycles. The van der Waals surface area contributed by atoms with Crippen LogP contribution < -0.4 is 0 Å². The van der Waals surface area contributed by atoms with Crippen molar-refractivity contribution < 1.29 is 14.3 Å². The van der Waals surface area contributed by atoms with Crippen molar-refractivity contribution in [1.29, 1.82) is 0 Å². The molecule has 2 aliphatic rings. The smallest absolute Gasteiger partial charge is 0.305 e. The lowest BCUT2D eigenvalue weighted by molar-refractivity contribution is -0.140. The van der Waals surface area contributed by atoms with Gasteiger partial charge in [0.1, 0.15) is 0 Å². The van der Waals surface area contributed by atoms with Crippen molar-refractivity contribution in [2.24, 2.45) is 5.41 Å². The SMILES string of the molecule is COC(=O)CCC(=O)c1ccc2c(c1)CC1(Cc3ccccc3C1)C2. The van der Waals surface area contributed by atoms with Gasteiger partial charge in [0.05, 0.1) is 13.5 Å². The Bertz CT molecular complexity index is 825. The number of esters is 1. The van der Waals surface area contributed by atoms with Crippen molar-refractivity contribution >= 4 is 11.8 Å². The molecule has 4 rings (SSSR count). The molecular formula is C22H22O3. The molecule has 0 amide bonds. The summed E-state index contributed by atoms with van der Waals surface area (Å²) < 4.78 is 4.61. The second-order valence-electron chi connectivity index (χ2n) is 7.46. The number of carbonyl (C=O) groups is 2. The highest BCUT2D eigenvalue weighted by atomic mass is 16.5. The monoisotopic (exact) mass is 334 g/mol. The van der Waals surface area contributed by atoms with Gasteiger partial charge >= 0.3 is 5.97 Å². The Morgan fingerprint density at radius 3 is 2.12 bits per heavy atom. The van der Waals surface area contributed by atoms with E-state index in [0.717, 1.165) is 31.2 Å². The van der Waals surface area contributed by atoms with Gasteiger partial charge in [0.25, 0.3) is 0 Å². The number of Topliss-reactive ketones (excluding diaryl/α,β-unsaturated/α-hetero) is 1. The molecule has 0 aliphatic heterocycles. The molecule has 0 unspecified atom stereocenters. The molecule has 0 radical (unpaired) electrons. The largest absolute Gasteiger partial charge is 0.469 e. The molecule has 3 heteroatoms. The molecule has 2 aliphatic carbocycles. The van der Waals surface area contributed by atoms with E-state index in [0.29, 0.717) is 5.41 Å². The fraction of sp³-hybridized carbons (Fsp3) is 0.364. The average Bonchev–Trinajstić information content (AvgIpc) is 3.16. The summed E-state index contributed by atoms with van der Waals surface area (Å²) >= 11 is 0. The van der Waals surface area contributed by atoms with Crippen molar-refractivity contribution in [1.82, 2.24) is 0 Å². The van der Waals surface area contributed by atoms with Crippen LogP contribution in [0.3, 0.4) is 0 Å². The van der Waals surface area contributed by atoms with Gasteiger partial charge in [0, 0.05) is 12.0 Å². The summed E-state index contributed by atoms with van der Waals surface area (Å²) in [5.74, 6) is -0.318. The number of hydrogen-bond acceptors (Lipinski definition) is 3. The summed E-state index contributed by atoms with van der Waals surface area (Å²) in [7, 11) is 1.35. The van der Waals surface area contributed by atoms with Crippen LogP contribution in [0.1, 0.15) is 45.5 Å². The molecule has 1 spiro atoms. The molecule has 2 aromatic rings. The Balaban J connectivity index is 1.50. The zero-order valence-corrected chi connectivity index (χ0v) is 14.5. The van der Waals surface area contributed by atoms with Gasteiger partial charge in [-0.3, -0.25) is 9.59 Å². The quantitative estimate of drug-likeness (QED) is 0.632. The van der Waals surface area contributed by atoms with Crippen LogP contribution in [0.2, 0.25) is 0 Å². The molecule has 25 heavy (non-hydrogen) atoms. The molecule has 0 heterocycles. The summed E-state index contributed by atoms with van der Waals surface area (Å²) in [6.45, 7) is 0. The Labute approximate surface area is 148 Å². The van der Waals surface area contributed by atoms with Crippen LogP contribution >= 0.6 is 0 Å².